The minimum Gasteiger partial charge on any atom is -0.379 e. The maximum atomic E-state index is 13.8. The van der Waals surface area contributed by atoms with Crippen molar-refractivity contribution in [1.82, 2.24) is 29.0 Å². The van der Waals surface area contributed by atoms with E-state index >= 15 is 0 Å². The Balaban J connectivity index is 1.43. The number of rotatable bonds is 5. The summed E-state index contributed by atoms with van der Waals surface area (Å²) in [5, 5.41) is 4.71. The van der Waals surface area contributed by atoms with Gasteiger partial charge in [-0.05, 0) is 44.9 Å². The molecule has 35 heavy (non-hydrogen) atoms. The standard InChI is InChI=1S/C24H27ClN6O4/c1-24(2)6-5-18(34-24)21-27-22(35-28-21)19-20-23(32)30(8-7-29-9-11-33-12-10-29)17-13-15(25)3-4-16(17)31(20)14-26-19/h3-4,13-14,18H,5-12H2,1-2H3. The zero-order chi connectivity index (χ0) is 24.2. The smallest absolute Gasteiger partial charge is 0.279 e. The van der Waals surface area contributed by atoms with Crippen LogP contribution < -0.4 is 5.56 Å². The van der Waals surface area contributed by atoms with Gasteiger partial charge in [0, 0.05) is 31.2 Å². The van der Waals surface area contributed by atoms with Crippen LogP contribution in [0.25, 0.3) is 28.1 Å². The summed E-state index contributed by atoms with van der Waals surface area (Å²) in [6.07, 6.45) is 3.12. The lowest BCUT2D eigenvalue weighted by molar-refractivity contribution is -0.0207. The van der Waals surface area contributed by atoms with E-state index in [1.54, 1.807) is 15.3 Å². The predicted molar refractivity (Wildman–Crippen MR) is 130 cm³/mol. The second kappa shape index (κ2) is 8.70. The SMILES string of the molecule is CC1(C)CCC(c2noc(-c3ncn4c3c(=O)n(CCN3CCOCC3)c3cc(Cl)ccc34)n2)O1. The van der Waals surface area contributed by atoms with Crippen LogP contribution >= 0.6 is 11.6 Å². The highest BCUT2D eigenvalue weighted by Gasteiger charge is 2.35. The van der Waals surface area contributed by atoms with Gasteiger partial charge < -0.3 is 18.6 Å². The van der Waals surface area contributed by atoms with Crippen LogP contribution in [-0.2, 0) is 16.0 Å². The molecule has 0 spiro atoms. The lowest BCUT2D eigenvalue weighted by Crippen LogP contribution is -2.39. The van der Waals surface area contributed by atoms with Crippen molar-refractivity contribution in [2.45, 2.75) is 44.9 Å². The number of hydrogen-bond donors (Lipinski definition) is 0. The van der Waals surface area contributed by atoms with Crippen molar-refractivity contribution in [1.29, 1.82) is 0 Å². The molecule has 184 valence electrons. The van der Waals surface area contributed by atoms with Crippen LogP contribution in [0.2, 0.25) is 5.02 Å². The van der Waals surface area contributed by atoms with E-state index in [-0.39, 0.29) is 23.2 Å². The average molecular weight is 499 g/mol. The Morgan fingerprint density at radius 3 is 2.77 bits per heavy atom. The van der Waals surface area contributed by atoms with Gasteiger partial charge in [-0.25, -0.2) is 4.98 Å². The molecule has 5 heterocycles. The largest absolute Gasteiger partial charge is 0.379 e. The zero-order valence-electron chi connectivity index (χ0n) is 19.7. The number of aromatic nitrogens is 5. The number of morpholine rings is 1. The van der Waals surface area contributed by atoms with Crippen LogP contribution in [0, 0.1) is 0 Å². The molecule has 1 atom stereocenters. The van der Waals surface area contributed by atoms with E-state index in [1.807, 2.05) is 32.0 Å². The van der Waals surface area contributed by atoms with Crippen molar-refractivity contribution in [3.8, 4) is 11.6 Å². The summed E-state index contributed by atoms with van der Waals surface area (Å²) in [5.74, 6) is 0.688. The number of ether oxygens (including phenoxy) is 2. The Hall–Kier alpha value is -2.79. The summed E-state index contributed by atoms with van der Waals surface area (Å²) in [6, 6.07) is 5.53. The van der Waals surface area contributed by atoms with E-state index < -0.39 is 0 Å². The van der Waals surface area contributed by atoms with E-state index in [0.29, 0.717) is 41.8 Å². The quantitative estimate of drug-likeness (QED) is 0.413. The molecule has 0 aliphatic carbocycles. The number of hydrogen-bond acceptors (Lipinski definition) is 8. The fraction of sp³-hybridized carbons (Fsp3) is 0.500. The van der Waals surface area contributed by atoms with E-state index in [0.717, 1.165) is 43.5 Å². The van der Waals surface area contributed by atoms with Crippen molar-refractivity contribution in [2.24, 2.45) is 0 Å². The van der Waals surface area contributed by atoms with E-state index in [1.165, 1.54) is 0 Å². The van der Waals surface area contributed by atoms with E-state index in [2.05, 4.69) is 20.0 Å². The number of benzene rings is 1. The molecular weight excluding hydrogens is 472 g/mol. The van der Waals surface area contributed by atoms with Gasteiger partial charge in [-0.2, -0.15) is 4.98 Å². The molecule has 1 aromatic carbocycles. The first-order chi connectivity index (χ1) is 16.9. The van der Waals surface area contributed by atoms with Gasteiger partial charge in [0.15, 0.2) is 5.69 Å². The molecule has 0 amide bonds. The van der Waals surface area contributed by atoms with Crippen molar-refractivity contribution < 1.29 is 14.0 Å². The van der Waals surface area contributed by atoms with Crippen LogP contribution in [0.15, 0.2) is 33.8 Å². The first-order valence-electron chi connectivity index (χ1n) is 11.9. The minimum absolute atomic E-state index is 0.182. The molecule has 3 aromatic heterocycles. The van der Waals surface area contributed by atoms with Crippen LogP contribution in [0.3, 0.4) is 0 Å². The maximum Gasteiger partial charge on any atom is 0.279 e. The Morgan fingerprint density at radius 2 is 2.00 bits per heavy atom. The van der Waals surface area contributed by atoms with Gasteiger partial charge in [-0.1, -0.05) is 16.8 Å². The number of nitrogens with zero attached hydrogens (tertiary/aromatic N) is 6. The molecule has 6 rings (SSSR count). The lowest BCUT2D eigenvalue weighted by atomic mass is 10.1. The molecule has 0 saturated carbocycles. The van der Waals surface area contributed by atoms with Crippen LogP contribution in [0.1, 0.15) is 38.6 Å². The zero-order valence-corrected chi connectivity index (χ0v) is 20.5. The van der Waals surface area contributed by atoms with Gasteiger partial charge in [-0.15, -0.1) is 0 Å². The van der Waals surface area contributed by atoms with Crippen molar-refractivity contribution in [3.05, 3.63) is 45.7 Å². The molecule has 2 aliphatic rings. The van der Waals surface area contributed by atoms with Crippen LogP contribution in [0.5, 0.6) is 0 Å². The molecule has 2 fully saturated rings. The summed E-state index contributed by atoms with van der Waals surface area (Å²) >= 11 is 6.32. The first-order valence-corrected chi connectivity index (χ1v) is 12.3. The van der Waals surface area contributed by atoms with Crippen molar-refractivity contribution in [2.75, 3.05) is 32.8 Å². The highest BCUT2D eigenvalue weighted by molar-refractivity contribution is 6.31. The second-order valence-electron chi connectivity index (χ2n) is 9.72. The van der Waals surface area contributed by atoms with Gasteiger partial charge in [0.2, 0.25) is 5.82 Å². The normalized spacial score (nSPS) is 20.8. The number of fused-ring (bicyclic) bond motifs is 3. The maximum absolute atomic E-state index is 13.8. The lowest BCUT2D eigenvalue weighted by Gasteiger charge is -2.27. The number of halogens is 1. The van der Waals surface area contributed by atoms with Crippen LogP contribution in [0.4, 0.5) is 0 Å². The molecule has 11 heteroatoms. The summed E-state index contributed by atoms with van der Waals surface area (Å²) in [6.45, 7) is 8.43. The fourth-order valence-electron chi connectivity index (χ4n) is 4.96. The molecule has 0 radical (unpaired) electrons. The van der Waals surface area contributed by atoms with Gasteiger partial charge in [0.05, 0.1) is 29.8 Å². The third-order valence-corrected chi connectivity index (χ3v) is 7.08. The molecule has 2 saturated heterocycles. The highest BCUT2D eigenvalue weighted by atomic mass is 35.5. The van der Waals surface area contributed by atoms with E-state index in [9.17, 15) is 4.79 Å². The highest BCUT2D eigenvalue weighted by Crippen LogP contribution is 2.38. The molecule has 2 aliphatic heterocycles. The second-order valence-corrected chi connectivity index (χ2v) is 10.2. The Labute approximate surface area is 206 Å². The summed E-state index contributed by atoms with van der Waals surface area (Å²) in [4.78, 5) is 25.2. The Kier molecular flexibility index (Phi) is 5.63. The molecular formula is C24H27ClN6O4. The third-order valence-electron chi connectivity index (χ3n) is 6.85. The summed E-state index contributed by atoms with van der Waals surface area (Å²) in [5.41, 5.74) is 1.93. The van der Waals surface area contributed by atoms with Gasteiger partial charge >= 0.3 is 0 Å². The summed E-state index contributed by atoms with van der Waals surface area (Å²) < 4.78 is 20.6. The predicted octanol–water partition coefficient (Wildman–Crippen LogP) is 3.31. The van der Waals surface area contributed by atoms with Crippen LogP contribution in [-0.4, -0.2) is 67.4 Å². The Bertz CT molecular complexity index is 1450. The van der Waals surface area contributed by atoms with Crippen molar-refractivity contribution in [3.63, 3.8) is 0 Å². The molecule has 0 bridgehead atoms. The Morgan fingerprint density at radius 1 is 1.17 bits per heavy atom. The molecule has 1 unspecified atom stereocenters. The van der Waals surface area contributed by atoms with Gasteiger partial charge in [0.25, 0.3) is 11.4 Å². The fourth-order valence-corrected chi connectivity index (χ4v) is 5.13. The van der Waals surface area contributed by atoms with Crippen molar-refractivity contribution >= 4 is 28.2 Å². The molecule has 4 aromatic rings. The monoisotopic (exact) mass is 498 g/mol. The summed E-state index contributed by atoms with van der Waals surface area (Å²) in [7, 11) is 0. The molecule has 10 nitrogen and oxygen atoms in total. The molecule has 0 N–H and O–H groups in total. The third kappa shape index (κ3) is 4.14. The first kappa shape index (κ1) is 22.7. The minimum atomic E-state index is -0.232. The topological polar surface area (TPSA) is 99.9 Å². The number of imidazole rings is 1. The van der Waals surface area contributed by atoms with E-state index in [4.69, 9.17) is 25.6 Å². The van der Waals surface area contributed by atoms with Gasteiger partial charge in [-0.3, -0.25) is 14.1 Å². The average Bonchev–Trinajstić information content (AvgIpc) is 3.57. The van der Waals surface area contributed by atoms with Gasteiger partial charge in [0.1, 0.15) is 17.9 Å².